The van der Waals surface area contributed by atoms with Crippen LogP contribution >= 0.6 is 11.6 Å². The van der Waals surface area contributed by atoms with E-state index in [4.69, 9.17) is 11.6 Å². The fourth-order valence-corrected chi connectivity index (χ4v) is 3.93. The highest BCUT2D eigenvalue weighted by Crippen LogP contribution is 2.19. The summed E-state index contributed by atoms with van der Waals surface area (Å²) in [4.78, 5) is 28.5. The average molecular weight is 481 g/mol. The van der Waals surface area contributed by atoms with Crippen molar-refractivity contribution >= 4 is 23.4 Å². The molecule has 0 radical (unpaired) electrons. The van der Waals surface area contributed by atoms with Gasteiger partial charge in [0.25, 0.3) is 0 Å². The quantitative estimate of drug-likeness (QED) is 0.420. The Balaban J connectivity index is 1.97. The highest BCUT2D eigenvalue weighted by molar-refractivity contribution is 6.30. The first-order valence-corrected chi connectivity index (χ1v) is 11.8. The molecule has 0 fully saturated rings. The van der Waals surface area contributed by atoms with E-state index in [2.05, 4.69) is 5.32 Å². The Morgan fingerprint density at radius 1 is 0.941 bits per heavy atom. The number of carbonyl (C=O) groups excluding carboxylic acids is 2. The lowest BCUT2D eigenvalue weighted by Gasteiger charge is -2.32. The summed E-state index contributed by atoms with van der Waals surface area (Å²) in [5, 5.41) is 3.52. The molecule has 1 atom stereocenters. The van der Waals surface area contributed by atoms with Crippen LogP contribution in [0.2, 0.25) is 5.02 Å². The van der Waals surface area contributed by atoms with Gasteiger partial charge in [-0.2, -0.15) is 0 Å². The number of hydrogen-bond donors (Lipinski definition) is 1. The van der Waals surface area contributed by atoms with Crippen LogP contribution in [0.1, 0.15) is 30.5 Å². The Morgan fingerprint density at radius 2 is 1.62 bits per heavy atom. The maximum absolute atomic E-state index is 14.3. The number of rotatable bonds is 10. The van der Waals surface area contributed by atoms with Gasteiger partial charge in [-0.05, 0) is 40.8 Å². The largest absolute Gasteiger partial charge is 0.354 e. The third kappa shape index (κ3) is 7.42. The van der Waals surface area contributed by atoms with Gasteiger partial charge in [0.2, 0.25) is 11.8 Å². The summed E-state index contributed by atoms with van der Waals surface area (Å²) in [6.07, 6.45) is 0.199. The standard InChI is InChI=1S/C28H30ClFN2O2/c1-20(2)18-31-28(34)26(16-21-9-4-3-5-10-21)32(19-22-11-8-13-24(29)15-22)27(33)17-23-12-6-7-14-25(23)30/h3-15,20,26H,16-19H2,1-2H3,(H,31,34)/t26-/m0/s1. The molecule has 0 heterocycles. The third-order valence-corrected chi connectivity index (χ3v) is 5.73. The summed E-state index contributed by atoms with van der Waals surface area (Å²) in [5.41, 5.74) is 2.02. The number of amides is 2. The molecule has 1 N–H and O–H groups in total. The van der Waals surface area contributed by atoms with E-state index in [1.54, 1.807) is 35.2 Å². The van der Waals surface area contributed by atoms with E-state index in [-0.39, 0.29) is 30.7 Å². The lowest BCUT2D eigenvalue weighted by atomic mass is 10.0. The van der Waals surface area contributed by atoms with Crippen LogP contribution in [-0.2, 0) is 29.0 Å². The van der Waals surface area contributed by atoms with Crippen molar-refractivity contribution in [2.45, 2.75) is 39.3 Å². The van der Waals surface area contributed by atoms with E-state index >= 15 is 0 Å². The average Bonchev–Trinajstić information content (AvgIpc) is 2.82. The predicted molar refractivity (Wildman–Crippen MR) is 134 cm³/mol. The molecule has 34 heavy (non-hydrogen) atoms. The highest BCUT2D eigenvalue weighted by atomic mass is 35.5. The van der Waals surface area contributed by atoms with Crippen LogP contribution in [0.4, 0.5) is 4.39 Å². The molecule has 0 aliphatic rings. The van der Waals surface area contributed by atoms with E-state index < -0.39 is 11.9 Å². The summed E-state index contributed by atoms with van der Waals surface area (Å²) < 4.78 is 14.3. The van der Waals surface area contributed by atoms with Gasteiger partial charge in [0, 0.05) is 24.5 Å². The summed E-state index contributed by atoms with van der Waals surface area (Å²) in [7, 11) is 0. The first-order chi connectivity index (χ1) is 16.3. The van der Waals surface area contributed by atoms with Crippen molar-refractivity contribution in [1.82, 2.24) is 10.2 Å². The van der Waals surface area contributed by atoms with Gasteiger partial charge < -0.3 is 10.2 Å². The summed E-state index contributed by atoms with van der Waals surface area (Å²) >= 11 is 6.18. The molecule has 3 rings (SSSR count). The van der Waals surface area contributed by atoms with Gasteiger partial charge in [-0.15, -0.1) is 0 Å². The predicted octanol–water partition coefficient (Wildman–Crippen LogP) is 5.43. The number of nitrogens with zero attached hydrogens (tertiary/aromatic N) is 1. The first kappa shape index (κ1) is 25.4. The normalized spacial score (nSPS) is 11.8. The molecule has 0 aliphatic carbocycles. The van der Waals surface area contributed by atoms with E-state index in [1.165, 1.54) is 6.07 Å². The van der Waals surface area contributed by atoms with Gasteiger partial charge in [-0.25, -0.2) is 4.39 Å². The van der Waals surface area contributed by atoms with Gasteiger partial charge in [-0.3, -0.25) is 9.59 Å². The number of halogens is 2. The van der Waals surface area contributed by atoms with Crippen LogP contribution in [0, 0.1) is 11.7 Å². The first-order valence-electron chi connectivity index (χ1n) is 11.4. The van der Waals surface area contributed by atoms with Crippen molar-refractivity contribution in [3.8, 4) is 0 Å². The number of nitrogens with one attached hydrogen (secondary N) is 1. The lowest BCUT2D eigenvalue weighted by molar-refractivity contribution is -0.140. The smallest absolute Gasteiger partial charge is 0.243 e. The van der Waals surface area contributed by atoms with E-state index in [9.17, 15) is 14.0 Å². The fourth-order valence-electron chi connectivity index (χ4n) is 3.71. The van der Waals surface area contributed by atoms with Crippen LogP contribution in [0.3, 0.4) is 0 Å². The lowest BCUT2D eigenvalue weighted by Crippen LogP contribution is -2.51. The van der Waals surface area contributed by atoms with E-state index in [0.29, 0.717) is 23.6 Å². The molecule has 0 saturated carbocycles. The molecule has 0 saturated heterocycles. The maximum atomic E-state index is 14.3. The van der Waals surface area contributed by atoms with Crippen molar-refractivity contribution in [1.29, 1.82) is 0 Å². The van der Waals surface area contributed by atoms with Gasteiger partial charge in [0.05, 0.1) is 6.42 Å². The van der Waals surface area contributed by atoms with Gasteiger partial charge in [0.1, 0.15) is 11.9 Å². The molecule has 0 unspecified atom stereocenters. The molecule has 0 spiro atoms. The van der Waals surface area contributed by atoms with E-state index in [1.807, 2.05) is 56.3 Å². The monoisotopic (exact) mass is 480 g/mol. The SMILES string of the molecule is CC(C)CNC(=O)[C@H](Cc1ccccc1)N(Cc1cccc(Cl)c1)C(=O)Cc1ccccc1F. The summed E-state index contributed by atoms with van der Waals surface area (Å²) in [5.74, 6) is -0.744. The van der Waals surface area contributed by atoms with Crippen LogP contribution in [-0.4, -0.2) is 29.3 Å². The summed E-state index contributed by atoms with van der Waals surface area (Å²) in [6, 6.07) is 22.2. The van der Waals surface area contributed by atoms with Crippen LogP contribution in [0.15, 0.2) is 78.9 Å². The third-order valence-electron chi connectivity index (χ3n) is 5.50. The minimum Gasteiger partial charge on any atom is -0.354 e. The second kappa shape index (κ2) is 12.3. The molecule has 0 aromatic heterocycles. The maximum Gasteiger partial charge on any atom is 0.243 e. The molecule has 4 nitrogen and oxygen atoms in total. The van der Waals surface area contributed by atoms with Crippen LogP contribution in [0.5, 0.6) is 0 Å². The highest BCUT2D eigenvalue weighted by Gasteiger charge is 2.30. The Hall–Kier alpha value is -3.18. The zero-order valence-electron chi connectivity index (χ0n) is 19.5. The Kier molecular flexibility index (Phi) is 9.23. The molecule has 3 aromatic rings. The van der Waals surface area contributed by atoms with Crippen LogP contribution in [0.25, 0.3) is 0 Å². The van der Waals surface area contributed by atoms with Crippen molar-refractivity contribution in [2.75, 3.05) is 6.54 Å². The fraction of sp³-hybridized carbons (Fsp3) is 0.286. The molecular formula is C28H30ClFN2O2. The Bertz CT molecular complexity index is 1100. The van der Waals surface area contributed by atoms with Crippen molar-refractivity contribution in [2.24, 2.45) is 5.92 Å². The van der Waals surface area contributed by atoms with Gasteiger partial charge in [-0.1, -0.05) is 86.1 Å². The van der Waals surface area contributed by atoms with Crippen molar-refractivity contribution in [3.63, 3.8) is 0 Å². The molecule has 6 heteroatoms. The molecule has 0 bridgehead atoms. The van der Waals surface area contributed by atoms with Gasteiger partial charge >= 0.3 is 0 Å². The number of benzene rings is 3. The Labute approximate surface area is 205 Å². The number of carbonyl (C=O) groups is 2. The second-order valence-electron chi connectivity index (χ2n) is 8.76. The van der Waals surface area contributed by atoms with E-state index in [0.717, 1.165) is 11.1 Å². The zero-order chi connectivity index (χ0) is 24.5. The van der Waals surface area contributed by atoms with Gasteiger partial charge in [0.15, 0.2) is 0 Å². The Morgan fingerprint density at radius 3 is 2.29 bits per heavy atom. The molecule has 0 aliphatic heterocycles. The zero-order valence-corrected chi connectivity index (χ0v) is 20.3. The summed E-state index contributed by atoms with van der Waals surface area (Å²) in [6.45, 7) is 4.70. The molecular weight excluding hydrogens is 451 g/mol. The number of hydrogen-bond acceptors (Lipinski definition) is 2. The molecule has 3 aromatic carbocycles. The topological polar surface area (TPSA) is 49.4 Å². The second-order valence-corrected chi connectivity index (χ2v) is 9.20. The van der Waals surface area contributed by atoms with Crippen molar-refractivity contribution in [3.05, 3.63) is 106 Å². The van der Waals surface area contributed by atoms with Crippen molar-refractivity contribution < 1.29 is 14.0 Å². The minimum absolute atomic E-state index is 0.143. The molecule has 2 amide bonds. The molecule has 178 valence electrons. The van der Waals surface area contributed by atoms with Crippen LogP contribution < -0.4 is 5.32 Å². The minimum atomic E-state index is -0.764.